The number of benzene rings is 1. The van der Waals surface area contributed by atoms with Gasteiger partial charge in [-0.15, -0.1) is 0 Å². The topological polar surface area (TPSA) is 69.6 Å². The Morgan fingerprint density at radius 2 is 1.83 bits per heavy atom. The lowest BCUT2D eigenvalue weighted by atomic mass is 10.2. The second kappa shape index (κ2) is 6.17. The van der Waals surface area contributed by atoms with Crippen molar-refractivity contribution in [3.8, 4) is 5.75 Å². The van der Waals surface area contributed by atoms with Crippen LogP contribution in [0.2, 0.25) is 0 Å². The van der Waals surface area contributed by atoms with Crippen LogP contribution < -0.4 is 4.72 Å². The minimum absolute atomic E-state index is 0.0506. The monoisotopic (exact) mass is 272 g/mol. The Hall–Kier alpha value is -1.11. The number of nitrogens with one attached hydrogen (secondary N) is 1. The number of hydrogen-bond donors (Lipinski definition) is 2. The molecular formula is C12H20N2O3S. The Kier molecular flexibility index (Phi) is 5.13. The van der Waals surface area contributed by atoms with Gasteiger partial charge in [0.1, 0.15) is 5.75 Å². The van der Waals surface area contributed by atoms with Crippen LogP contribution in [0.1, 0.15) is 13.3 Å². The van der Waals surface area contributed by atoms with Gasteiger partial charge in [-0.1, -0.05) is 0 Å². The molecule has 0 spiro atoms. The first-order valence-corrected chi connectivity index (χ1v) is 7.25. The number of nitrogens with zero attached hydrogens (tertiary/aromatic N) is 1. The molecule has 2 N–H and O–H groups in total. The van der Waals surface area contributed by atoms with E-state index in [1.165, 1.54) is 24.3 Å². The summed E-state index contributed by atoms with van der Waals surface area (Å²) >= 11 is 0. The molecule has 5 nitrogen and oxygen atoms in total. The zero-order valence-electron chi connectivity index (χ0n) is 10.9. The Balaban J connectivity index is 2.67. The van der Waals surface area contributed by atoms with Gasteiger partial charge in [0.25, 0.3) is 0 Å². The smallest absolute Gasteiger partial charge is 0.240 e. The van der Waals surface area contributed by atoms with E-state index in [4.69, 9.17) is 5.11 Å². The zero-order valence-corrected chi connectivity index (χ0v) is 11.7. The highest BCUT2D eigenvalue weighted by atomic mass is 32.2. The fourth-order valence-electron chi connectivity index (χ4n) is 1.47. The van der Waals surface area contributed by atoms with Gasteiger partial charge in [0.2, 0.25) is 10.0 Å². The summed E-state index contributed by atoms with van der Waals surface area (Å²) in [5, 5.41) is 9.13. The quantitative estimate of drug-likeness (QED) is 0.811. The number of sulfonamides is 1. The summed E-state index contributed by atoms with van der Waals surface area (Å²) in [6, 6.07) is 5.36. The van der Waals surface area contributed by atoms with Gasteiger partial charge in [-0.2, -0.15) is 0 Å². The Morgan fingerprint density at radius 1 is 1.28 bits per heavy atom. The molecule has 0 saturated carbocycles. The summed E-state index contributed by atoms with van der Waals surface area (Å²) < 4.78 is 26.6. The van der Waals surface area contributed by atoms with Crippen LogP contribution >= 0.6 is 0 Å². The molecular weight excluding hydrogens is 252 g/mol. The number of hydrogen-bond acceptors (Lipinski definition) is 4. The van der Waals surface area contributed by atoms with Crippen molar-refractivity contribution in [2.24, 2.45) is 0 Å². The van der Waals surface area contributed by atoms with Crippen LogP contribution in [0.25, 0.3) is 0 Å². The van der Waals surface area contributed by atoms with Crippen LogP contribution in [0.4, 0.5) is 0 Å². The second-order valence-corrected chi connectivity index (χ2v) is 6.32. The molecule has 1 unspecified atom stereocenters. The standard InChI is InChI=1S/C12H20N2O3S/c1-10(8-9-14(2)3)13-18(16,17)12-6-4-11(15)5-7-12/h4-7,10,13,15H,8-9H2,1-3H3. The van der Waals surface area contributed by atoms with Crippen molar-refractivity contribution in [3.05, 3.63) is 24.3 Å². The van der Waals surface area contributed by atoms with Gasteiger partial charge >= 0.3 is 0 Å². The summed E-state index contributed by atoms with van der Waals surface area (Å²) in [5.41, 5.74) is 0. The molecule has 0 aliphatic rings. The highest BCUT2D eigenvalue weighted by Gasteiger charge is 2.17. The SMILES string of the molecule is CC(CCN(C)C)NS(=O)(=O)c1ccc(O)cc1. The lowest BCUT2D eigenvalue weighted by Gasteiger charge is -2.16. The van der Waals surface area contributed by atoms with E-state index in [1.54, 1.807) is 0 Å². The summed E-state index contributed by atoms with van der Waals surface area (Å²) in [6.45, 7) is 2.65. The van der Waals surface area contributed by atoms with Crippen molar-refractivity contribution in [2.75, 3.05) is 20.6 Å². The van der Waals surface area contributed by atoms with Crippen LogP contribution in [0.3, 0.4) is 0 Å². The van der Waals surface area contributed by atoms with E-state index in [2.05, 4.69) is 4.72 Å². The molecule has 0 aromatic heterocycles. The van der Waals surface area contributed by atoms with E-state index < -0.39 is 10.0 Å². The van der Waals surface area contributed by atoms with Gasteiger partial charge in [-0.05, 0) is 58.3 Å². The first-order chi connectivity index (χ1) is 8.31. The average molecular weight is 272 g/mol. The molecule has 1 atom stereocenters. The van der Waals surface area contributed by atoms with Crippen molar-refractivity contribution in [1.29, 1.82) is 0 Å². The molecule has 1 rings (SSSR count). The van der Waals surface area contributed by atoms with Crippen molar-refractivity contribution in [3.63, 3.8) is 0 Å². The minimum atomic E-state index is -3.50. The minimum Gasteiger partial charge on any atom is -0.508 e. The van der Waals surface area contributed by atoms with Crippen LogP contribution in [0.15, 0.2) is 29.2 Å². The van der Waals surface area contributed by atoms with Crippen LogP contribution in [0.5, 0.6) is 5.75 Å². The fraction of sp³-hybridized carbons (Fsp3) is 0.500. The molecule has 6 heteroatoms. The summed E-state index contributed by atoms with van der Waals surface area (Å²) in [4.78, 5) is 2.17. The largest absolute Gasteiger partial charge is 0.508 e. The van der Waals surface area contributed by atoms with Gasteiger partial charge < -0.3 is 10.0 Å². The first-order valence-electron chi connectivity index (χ1n) is 5.77. The number of rotatable bonds is 6. The predicted molar refractivity (Wildman–Crippen MR) is 71.1 cm³/mol. The highest BCUT2D eigenvalue weighted by Crippen LogP contribution is 2.14. The lowest BCUT2D eigenvalue weighted by Crippen LogP contribution is -2.34. The molecule has 0 bridgehead atoms. The first kappa shape index (κ1) is 14.9. The Labute approximate surface area is 108 Å². The third kappa shape index (κ3) is 4.64. The normalized spacial score (nSPS) is 13.8. The van der Waals surface area contributed by atoms with Crippen molar-refractivity contribution >= 4 is 10.0 Å². The van der Waals surface area contributed by atoms with Gasteiger partial charge in [0, 0.05) is 6.04 Å². The van der Waals surface area contributed by atoms with E-state index in [1.807, 2.05) is 25.9 Å². The van der Waals surface area contributed by atoms with Gasteiger partial charge in [-0.3, -0.25) is 0 Å². The maximum absolute atomic E-state index is 12.0. The Morgan fingerprint density at radius 3 is 2.33 bits per heavy atom. The lowest BCUT2D eigenvalue weighted by molar-refractivity contribution is 0.379. The number of aromatic hydroxyl groups is 1. The molecule has 1 aromatic rings. The van der Waals surface area contributed by atoms with Crippen LogP contribution in [-0.4, -0.2) is 45.1 Å². The van der Waals surface area contributed by atoms with Gasteiger partial charge in [0.15, 0.2) is 0 Å². The van der Waals surface area contributed by atoms with Gasteiger partial charge in [0.05, 0.1) is 4.90 Å². The van der Waals surface area contributed by atoms with E-state index in [9.17, 15) is 8.42 Å². The van der Waals surface area contributed by atoms with E-state index in [0.717, 1.165) is 13.0 Å². The molecule has 0 aliphatic heterocycles. The average Bonchev–Trinajstić information content (AvgIpc) is 2.26. The molecule has 0 radical (unpaired) electrons. The Bertz CT molecular complexity index is 469. The second-order valence-electron chi connectivity index (χ2n) is 4.61. The molecule has 0 amide bonds. The third-order valence-electron chi connectivity index (χ3n) is 2.51. The maximum Gasteiger partial charge on any atom is 0.240 e. The van der Waals surface area contributed by atoms with E-state index in [-0.39, 0.29) is 16.7 Å². The zero-order chi connectivity index (χ0) is 13.8. The van der Waals surface area contributed by atoms with Gasteiger partial charge in [-0.25, -0.2) is 13.1 Å². The van der Waals surface area contributed by atoms with E-state index >= 15 is 0 Å². The summed E-state index contributed by atoms with van der Waals surface area (Å²) in [6.07, 6.45) is 0.740. The summed E-state index contributed by atoms with van der Waals surface area (Å²) in [5.74, 6) is 0.0506. The molecule has 102 valence electrons. The molecule has 1 aromatic carbocycles. The van der Waals surface area contributed by atoms with Crippen LogP contribution in [-0.2, 0) is 10.0 Å². The predicted octanol–water partition coefficient (Wildman–Crippen LogP) is 1.01. The molecule has 0 fully saturated rings. The van der Waals surface area contributed by atoms with Crippen molar-refractivity contribution in [2.45, 2.75) is 24.3 Å². The fourth-order valence-corrected chi connectivity index (χ4v) is 2.75. The maximum atomic E-state index is 12.0. The number of phenols is 1. The summed E-state index contributed by atoms with van der Waals surface area (Å²) in [7, 11) is 0.387. The highest BCUT2D eigenvalue weighted by molar-refractivity contribution is 7.89. The van der Waals surface area contributed by atoms with Crippen molar-refractivity contribution in [1.82, 2.24) is 9.62 Å². The third-order valence-corrected chi connectivity index (χ3v) is 4.12. The molecule has 0 heterocycles. The van der Waals surface area contributed by atoms with Crippen molar-refractivity contribution < 1.29 is 13.5 Å². The molecule has 18 heavy (non-hydrogen) atoms. The van der Waals surface area contributed by atoms with E-state index in [0.29, 0.717) is 0 Å². The molecule has 0 aliphatic carbocycles. The molecule has 0 saturated heterocycles. The number of phenolic OH excluding ortho intramolecular Hbond substituents is 1. The van der Waals surface area contributed by atoms with Crippen LogP contribution in [0, 0.1) is 0 Å².